The smallest absolute Gasteiger partial charge is 0.301 e. The number of hydrogen-bond acceptors (Lipinski definition) is 7. The highest BCUT2D eigenvalue weighted by molar-refractivity contribution is 6.31. The summed E-state index contributed by atoms with van der Waals surface area (Å²) < 4.78 is 5.72. The lowest BCUT2D eigenvalue weighted by Gasteiger charge is -2.30. The minimum absolute atomic E-state index is 0.0739. The highest BCUT2D eigenvalue weighted by Gasteiger charge is 2.20. The molecule has 1 atom stereocenters. The number of nitrogens with one attached hydrogen (secondary N) is 1. The Hall–Kier alpha value is -2.61. The van der Waals surface area contributed by atoms with Crippen molar-refractivity contribution in [1.29, 1.82) is 0 Å². The van der Waals surface area contributed by atoms with E-state index in [1.165, 1.54) is 6.07 Å². The topological polar surface area (TPSA) is 94.7 Å². The van der Waals surface area contributed by atoms with E-state index in [-0.39, 0.29) is 11.9 Å². The van der Waals surface area contributed by atoms with E-state index in [0.29, 0.717) is 46.5 Å². The van der Waals surface area contributed by atoms with E-state index in [0.717, 1.165) is 24.2 Å². The average molecular weight is 415 g/mol. The summed E-state index contributed by atoms with van der Waals surface area (Å²) in [5.74, 6) is 0.0739. The van der Waals surface area contributed by atoms with Gasteiger partial charge in [0.2, 0.25) is 5.65 Å². The molecule has 0 unspecified atom stereocenters. The van der Waals surface area contributed by atoms with Crippen LogP contribution in [-0.2, 0) is 0 Å². The summed E-state index contributed by atoms with van der Waals surface area (Å²) in [6.45, 7) is 6.33. The number of nitrogens with zero attached hydrogens (tertiary/aromatic N) is 3. The zero-order valence-electron chi connectivity index (χ0n) is 16.3. The van der Waals surface area contributed by atoms with E-state index >= 15 is 0 Å². The molecule has 0 bridgehead atoms. The van der Waals surface area contributed by atoms with Gasteiger partial charge in [-0.3, -0.25) is 4.90 Å². The molecule has 3 N–H and O–H groups in total. The lowest BCUT2D eigenvalue weighted by atomic mass is 10.0. The average Bonchev–Trinajstić information content (AvgIpc) is 3.07. The van der Waals surface area contributed by atoms with Crippen molar-refractivity contribution in [2.24, 2.45) is 0 Å². The highest BCUT2D eigenvalue weighted by atomic mass is 35.5. The highest BCUT2D eigenvalue weighted by Crippen LogP contribution is 2.35. The van der Waals surface area contributed by atoms with Crippen LogP contribution in [0.4, 0.5) is 6.01 Å². The van der Waals surface area contributed by atoms with Crippen LogP contribution in [0.25, 0.3) is 22.5 Å². The first-order valence-corrected chi connectivity index (χ1v) is 9.92. The molecule has 0 aliphatic carbocycles. The van der Waals surface area contributed by atoms with Gasteiger partial charge < -0.3 is 19.9 Å². The first-order chi connectivity index (χ1) is 13.9. The fraction of sp³-hybridized carbons (Fsp3) is 0.333. The van der Waals surface area contributed by atoms with Crippen molar-refractivity contribution >= 4 is 28.8 Å². The fourth-order valence-corrected chi connectivity index (χ4v) is 3.94. The molecule has 4 rings (SSSR count). The number of phenols is 1. The molecule has 29 heavy (non-hydrogen) atoms. The van der Waals surface area contributed by atoms with Crippen LogP contribution >= 0.6 is 11.6 Å². The number of likely N-dealkylation sites (N-methyl/N-ethyl adjacent to an activating group) is 1. The second-order valence-electron chi connectivity index (χ2n) is 7.29. The Balaban J connectivity index is 1.59. The van der Waals surface area contributed by atoms with Crippen molar-refractivity contribution in [2.75, 3.05) is 25.0 Å². The number of halogens is 1. The van der Waals surface area contributed by atoms with Crippen molar-refractivity contribution < 1.29 is 14.6 Å². The fourth-order valence-electron chi connectivity index (χ4n) is 3.67. The van der Waals surface area contributed by atoms with Crippen LogP contribution in [0.3, 0.4) is 0 Å². The van der Waals surface area contributed by atoms with Gasteiger partial charge in [-0.25, -0.2) is 4.98 Å². The SMILES string of the molecule is CCN1CC(=CNc2nc3nc(-c4c(C)cc(Cl)cc4O)ccc3o2)C[C@H](O)C1. The first kappa shape index (κ1) is 19.7. The van der Waals surface area contributed by atoms with Gasteiger partial charge in [0.05, 0.1) is 11.8 Å². The number of phenolic OH excluding ortho intramolecular Hbond substituents is 1. The molecular weight excluding hydrogens is 392 g/mol. The van der Waals surface area contributed by atoms with Crippen LogP contribution in [0.15, 0.2) is 40.5 Å². The first-order valence-electron chi connectivity index (χ1n) is 9.55. The summed E-state index contributed by atoms with van der Waals surface area (Å²) in [5.41, 5.74) is 4.10. The third-order valence-corrected chi connectivity index (χ3v) is 5.25. The van der Waals surface area contributed by atoms with Crippen molar-refractivity contribution in [3.63, 3.8) is 0 Å². The Morgan fingerprint density at radius 1 is 1.34 bits per heavy atom. The van der Waals surface area contributed by atoms with Crippen molar-refractivity contribution in [3.05, 3.63) is 46.6 Å². The number of aryl methyl sites for hydroxylation is 1. The zero-order chi connectivity index (χ0) is 20.5. The normalized spacial score (nSPS) is 19.2. The van der Waals surface area contributed by atoms with Gasteiger partial charge >= 0.3 is 6.01 Å². The van der Waals surface area contributed by atoms with Gasteiger partial charge in [-0.05, 0) is 55.3 Å². The van der Waals surface area contributed by atoms with Gasteiger partial charge in [0.25, 0.3) is 0 Å². The minimum Gasteiger partial charge on any atom is -0.507 e. The lowest BCUT2D eigenvalue weighted by molar-refractivity contribution is 0.0973. The maximum Gasteiger partial charge on any atom is 0.301 e. The van der Waals surface area contributed by atoms with E-state index in [4.69, 9.17) is 16.0 Å². The number of benzene rings is 1. The van der Waals surface area contributed by atoms with Crippen molar-refractivity contribution in [1.82, 2.24) is 14.9 Å². The van der Waals surface area contributed by atoms with Crippen LogP contribution in [0.2, 0.25) is 5.02 Å². The molecule has 1 aliphatic rings. The molecule has 1 aliphatic heterocycles. The van der Waals surface area contributed by atoms with E-state index in [1.807, 2.05) is 13.1 Å². The molecule has 8 heteroatoms. The summed E-state index contributed by atoms with van der Waals surface area (Å²) in [4.78, 5) is 11.1. The van der Waals surface area contributed by atoms with Gasteiger partial charge in [-0.15, -0.1) is 0 Å². The number of rotatable bonds is 4. The van der Waals surface area contributed by atoms with Gasteiger partial charge in [-0.2, -0.15) is 4.98 Å². The molecular formula is C21H23ClN4O3. The Morgan fingerprint density at radius 3 is 2.93 bits per heavy atom. The summed E-state index contributed by atoms with van der Waals surface area (Å²) in [6.07, 6.45) is 2.10. The Morgan fingerprint density at radius 2 is 2.17 bits per heavy atom. The Bertz CT molecular complexity index is 1060. The molecule has 3 heterocycles. The number of anilines is 1. The standard InChI is InChI=1S/C21H23ClN4O3/c1-3-26-10-13(7-15(27)11-26)9-23-21-25-20-18(29-21)5-4-16(24-20)19-12(2)6-14(22)8-17(19)28/h4-6,8-9,15,27-28H,3,7,10-11H2,1-2H3,(H,23,24,25)/t15-/m0/s1. The van der Waals surface area contributed by atoms with Crippen molar-refractivity contribution in [3.8, 4) is 17.0 Å². The second kappa shape index (κ2) is 8.02. The van der Waals surface area contributed by atoms with Gasteiger partial charge in [0, 0.05) is 29.9 Å². The van der Waals surface area contributed by atoms with Crippen LogP contribution in [0, 0.1) is 6.92 Å². The van der Waals surface area contributed by atoms with Crippen LogP contribution in [0.5, 0.6) is 5.75 Å². The molecule has 1 aromatic carbocycles. The number of likely N-dealkylation sites (tertiary alicyclic amines) is 1. The maximum atomic E-state index is 10.3. The number of aromatic nitrogens is 2. The molecule has 0 spiro atoms. The monoisotopic (exact) mass is 414 g/mol. The molecule has 0 saturated carbocycles. The van der Waals surface area contributed by atoms with E-state index in [9.17, 15) is 10.2 Å². The Labute approximate surface area is 173 Å². The largest absolute Gasteiger partial charge is 0.507 e. The number of β-amino-alcohol motifs (C(OH)–C–C–N with tert-alkyl or cyclic N) is 1. The summed E-state index contributed by atoms with van der Waals surface area (Å²) >= 11 is 5.99. The quantitative estimate of drug-likeness (QED) is 0.595. The molecule has 1 saturated heterocycles. The van der Waals surface area contributed by atoms with Gasteiger partial charge in [0.1, 0.15) is 5.75 Å². The number of aromatic hydroxyl groups is 1. The summed E-state index contributed by atoms with van der Waals surface area (Å²) in [6, 6.07) is 7.16. The number of hydrogen-bond donors (Lipinski definition) is 3. The Kier molecular flexibility index (Phi) is 5.45. The number of fused-ring (bicyclic) bond motifs is 1. The third kappa shape index (κ3) is 4.22. The number of piperidine rings is 1. The molecule has 0 amide bonds. The molecule has 2 aromatic heterocycles. The number of oxazole rings is 1. The lowest BCUT2D eigenvalue weighted by Crippen LogP contribution is -2.39. The zero-order valence-corrected chi connectivity index (χ0v) is 17.1. The predicted octanol–water partition coefficient (Wildman–Crippen LogP) is 3.94. The van der Waals surface area contributed by atoms with Gasteiger partial charge in [-0.1, -0.05) is 18.5 Å². The molecule has 1 fully saturated rings. The number of pyridine rings is 1. The van der Waals surface area contributed by atoms with Crippen molar-refractivity contribution in [2.45, 2.75) is 26.4 Å². The second-order valence-corrected chi connectivity index (χ2v) is 7.72. The van der Waals surface area contributed by atoms with Gasteiger partial charge in [0.15, 0.2) is 5.58 Å². The summed E-state index contributed by atoms with van der Waals surface area (Å²) in [5, 5.41) is 23.8. The van der Waals surface area contributed by atoms with E-state index < -0.39 is 0 Å². The predicted molar refractivity (Wildman–Crippen MR) is 113 cm³/mol. The van der Waals surface area contributed by atoms with E-state index in [2.05, 4.69) is 27.1 Å². The number of aliphatic hydroxyl groups excluding tert-OH is 1. The minimum atomic E-state index is -0.361. The third-order valence-electron chi connectivity index (χ3n) is 5.03. The molecule has 0 radical (unpaired) electrons. The molecule has 3 aromatic rings. The van der Waals surface area contributed by atoms with Crippen LogP contribution in [0.1, 0.15) is 18.9 Å². The number of aliphatic hydroxyl groups is 1. The summed E-state index contributed by atoms with van der Waals surface area (Å²) in [7, 11) is 0. The molecule has 152 valence electrons. The molecule has 7 nitrogen and oxygen atoms in total. The van der Waals surface area contributed by atoms with Crippen LogP contribution < -0.4 is 5.32 Å². The van der Waals surface area contributed by atoms with Crippen LogP contribution in [-0.4, -0.2) is 50.8 Å². The maximum absolute atomic E-state index is 10.3. The van der Waals surface area contributed by atoms with E-state index in [1.54, 1.807) is 18.2 Å².